The van der Waals surface area contributed by atoms with E-state index >= 15 is 0 Å². The maximum atomic E-state index is 13.7. The fraction of sp³-hybridized carbons (Fsp3) is 0.261. The third-order valence-corrected chi connectivity index (χ3v) is 4.89. The molecule has 0 radical (unpaired) electrons. The number of rotatable bonds is 8. The van der Waals surface area contributed by atoms with Crippen LogP contribution in [0.3, 0.4) is 0 Å². The van der Waals surface area contributed by atoms with Gasteiger partial charge in [0.2, 0.25) is 5.91 Å². The van der Waals surface area contributed by atoms with E-state index in [-0.39, 0.29) is 17.9 Å². The highest BCUT2D eigenvalue weighted by atomic mass is 19.1. The Hall–Kier alpha value is -3.70. The summed E-state index contributed by atoms with van der Waals surface area (Å²) in [5.74, 6) is 0.904. The number of hydrogen-bond acceptors (Lipinski definition) is 5. The Morgan fingerprint density at radius 3 is 2.68 bits per heavy atom. The van der Waals surface area contributed by atoms with Crippen LogP contribution >= 0.6 is 0 Å². The Balaban J connectivity index is 1.27. The van der Waals surface area contributed by atoms with Crippen LogP contribution in [-0.2, 0) is 22.5 Å². The lowest BCUT2D eigenvalue weighted by Gasteiger charge is -2.25. The second-order valence-corrected chi connectivity index (χ2v) is 7.41. The van der Waals surface area contributed by atoms with Crippen molar-refractivity contribution in [1.29, 1.82) is 5.26 Å². The molecule has 0 unspecified atom stereocenters. The van der Waals surface area contributed by atoms with E-state index in [9.17, 15) is 9.18 Å². The van der Waals surface area contributed by atoms with Crippen LogP contribution in [0.1, 0.15) is 16.7 Å². The van der Waals surface area contributed by atoms with Crippen LogP contribution in [-0.4, -0.2) is 35.5 Å². The predicted octanol–water partition coefficient (Wildman–Crippen LogP) is 3.15. The molecule has 1 N–H and O–H groups in total. The number of anilines is 1. The SMILES string of the molecule is N#Cc1ccc(Cn2ccc(NC(=O)Cc3ccc(OCC4COC4)cc3)n2)cc1F. The fourth-order valence-corrected chi connectivity index (χ4v) is 3.12. The van der Waals surface area contributed by atoms with Crippen molar-refractivity contribution in [2.75, 3.05) is 25.1 Å². The van der Waals surface area contributed by atoms with Crippen LogP contribution < -0.4 is 10.1 Å². The van der Waals surface area contributed by atoms with E-state index in [1.54, 1.807) is 29.1 Å². The van der Waals surface area contributed by atoms with Crippen molar-refractivity contribution in [1.82, 2.24) is 9.78 Å². The zero-order valence-corrected chi connectivity index (χ0v) is 16.8. The average molecular weight is 420 g/mol. The zero-order valence-electron chi connectivity index (χ0n) is 16.8. The first kappa shape index (κ1) is 20.6. The zero-order chi connectivity index (χ0) is 21.6. The summed E-state index contributed by atoms with van der Waals surface area (Å²) in [6.07, 6.45) is 1.91. The summed E-state index contributed by atoms with van der Waals surface area (Å²) < 4.78 is 26.2. The van der Waals surface area contributed by atoms with Crippen LogP contribution in [0, 0.1) is 23.1 Å². The van der Waals surface area contributed by atoms with Crippen LogP contribution in [0.15, 0.2) is 54.7 Å². The highest BCUT2D eigenvalue weighted by molar-refractivity contribution is 5.91. The summed E-state index contributed by atoms with van der Waals surface area (Å²) in [7, 11) is 0. The molecular weight excluding hydrogens is 399 g/mol. The lowest BCUT2D eigenvalue weighted by atomic mass is 10.1. The van der Waals surface area contributed by atoms with Gasteiger partial charge in [0.05, 0.1) is 38.3 Å². The molecule has 1 fully saturated rings. The molecule has 4 rings (SSSR count). The van der Waals surface area contributed by atoms with E-state index in [1.807, 2.05) is 24.3 Å². The first-order valence-corrected chi connectivity index (χ1v) is 9.90. The van der Waals surface area contributed by atoms with Gasteiger partial charge in [0.25, 0.3) is 0 Å². The molecule has 1 aromatic heterocycles. The lowest BCUT2D eigenvalue weighted by Crippen LogP contribution is -2.32. The summed E-state index contributed by atoms with van der Waals surface area (Å²) in [5.41, 5.74) is 1.54. The molecule has 31 heavy (non-hydrogen) atoms. The van der Waals surface area contributed by atoms with Gasteiger partial charge in [-0.05, 0) is 35.4 Å². The van der Waals surface area contributed by atoms with E-state index in [4.69, 9.17) is 14.7 Å². The topological polar surface area (TPSA) is 89.2 Å². The van der Waals surface area contributed by atoms with Crippen molar-refractivity contribution in [2.24, 2.45) is 5.92 Å². The van der Waals surface area contributed by atoms with E-state index in [1.165, 1.54) is 12.1 Å². The van der Waals surface area contributed by atoms with Crippen molar-refractivity contribution in [3.8, 4) is 11.8 Å². The Morgan fingerprint density at radius 1 is 1.23 bits per heavy atom. The number of carbonyl (C=O) groups excluding carboxylic acids is 1. The highest BCUT2D eigenvalue weighted by Gasteiger charge is 2.18. The van der Waals surface area contributed by atoms with Gasteiger partial charge in [-0.25, -0.2) is 4.39 Å². The lowest BCUT2D eigenvalue weighted by molar-refractivity contribution is -0.115. The summed E-state index contributed by atoms with van der Waals surface area (Å²) in [6, 6.07) is 15.3. The van der Waals surface area contributed by atoms with Gasteiger partial charge < -0.3 is 14.8 Å². The summed E-state index contributed by atoms with van der Waals surface area (Å²) in [6.45, 7) is 2.46. The number of benzene rings is 2. The van der Waals surface area contributed by atoms with Crippen LogP contribution in [0.4, 0.5) is 10.2 Å². The average Bonchev–Trinajstić information content (AvgIpc) is 3.15. The van der Waals surface area contributed by atoms with E-state index in [0.29, 0.717) is 30.5 Å². The van der Waals surface area contributed by atoms with Gasteiger partial charge >= 0.3 is 0 Å². The molecule has 0 atom stereocenters. The van der Waals surface area contributed by atoms with Gasteiger partial charge in [-0.3, -0.25) is 9.48 Å². The molecule has 0 aliphatic carbocycles. The molecule has 0 spiro atoms. The van der Waals surface area contributed by atoms with Crippen LogP contribution in [0.25, 0.3) is 0 Å². The molecule has 3 aromatic rings. The Labute approximate surface area is 179 Å². The first-order valence-electron chi connectivity index (χ1n) is 9.90. The standard InChI is InChI=1S/C23H21FN4O3/c24-21-9-17(1-4-19(21)11-25)12-28-8-7-22(27-28)26-23(29)10-16-2-5-20(6-3-16)31-15-18-13-30-14-18/h1-9,18H,10,12-15H2,(H,26,27,29). The number of amides is 1. The molecule has 2 aromatic carbocycles. The van der Waals surface area contributed by atoms with Gasteiger partial charge in [0.1, 0.15) is 17.6 Å². The quantitative estimate of drug-likeness (QED) is 0.605. The highest BCUT2D eigenvalue weighted by Crippen LogP contribution is 2.17. The van der Waals surface area contributed by atoms with Gasteiger partial charge in [-0.15, -0.1) is 0 Å². The smallest absolute Gasteiger partial charge is 0.229 e. The third kappa shape index (κ3) is 5.47. The first-order chi connectivity index (χ1) is 15.1. The molecule has 8 heteroatoms. The molecule has 2 heterocycles. The van der Waals surface area contributed by atoms with Gasteiger partial charge in [-0.2, -0.15) is 10.4 Å². The second-order valence-electron chi connectivity index (χ2n) is 7.41. The summed E-state index contributed by atoms with van der Waals surface area (Å²) in [4.78, 5) is 12.3. The summed E-state index contributed by atoms with van der Waals surface area (Å²) in [5, 5.41) is 15.9. The molecular formula is C23H21FN4O3. The minimum atomic E-state index is -0.561. The molecule has 158 valence electrons. The van der Waals surface area contributed by atoms with Crippen LogP contribution in [0.5, 0.6) is 5.75 Å². The fourth-order valence-electron chi connectivity index (χ4n) is 3.12. The largest absolute Gasteiger partial charge is 0.493 e. The number of nitrogens with one attached hydrogen (secondary N) is 1. The van der Waals surface area contributed by atoms with Crippen LogP contribution in [0.2, 0.25) is 0 Å². The Bertz CT molecular complexity index is 1100. The van der Waals surface area contributed by atoms with E-state index in [0.717, 1.165) is 24.5 Å². The monoisotopic (exact) mass is 420 g/mol. The molecule has 1 aliphatic heterocycles. The Morgan fingerprint density at radius 2 is 2.00 bits per heavy atom. The van der Waals surface area contributed by atoms with Gasteiger partial charge in [0.15, 0.2) is 5.82 Å². The van der Waals surface area contributed by atoms with Crippen molar-refractivity contribution < 1.29 is 18.7 Å². The minimum Gasteiger partial charge on any atom is -0.493 e. The number of hydrogen-bond donors (Lipinski definition) is 1. The van der Waals surface area contributed by atoms with E-state index < -0.39 is 5.82 Å². The van der Waals surface area contributed by atoms with Gasteiger partial charge in [-0.1, -0.05) is 18.2 Å². The second kappa shape index (κ2) is 9.41. The minimum absolute atomic E-state index is 0.00438. The van der Waals surface area contributed by atoms with E-state index in [2.05, 4.69) is 10.4 Å². The van der Waals surface area contributed by atoms with Crippen molar-refractivity contribution in [2.45, 2.75) is 13.0 Å². The number of nitrogens with zero attached hydrogens (tertiary/aromatic N) is 3. The number of ether oxygens (including phenoxy) is 2. The third-order valence-electron chi connectivity index (χ3n) is 4.89. The maximum absolute atomic E-state index is 13.7. The number of carbonyl (C=O) groups is 1. The Kier molecular flexibility index (Phi) is 6.24. The van der Waals surface area contributed by atoms with Crippen molar-refractivity contribution >= 4 is 11.7 Å². The maximum Gasteiger partial charge on any atom is 0.229 e. The normalized spacial score (nSPS) is 13.3. The number of aromatic nitrogens is 2. The number of halogens is 1. The van der Waals surface area contributed by atoms with Gasteiger partial charge in [0, 0.05) is 18.2 Å². The molecule has 7 nitrogen and oxygen atoms in total. The van der Waals surface area contributed by atoms with Crippen molar-refractivity contribution in [3.63, 3.8) is 0 Å². The summed E-state index contributed by atoms with van der Waals surface area (Å²) >= 11 is 0. The molecule has 1 aliphatic rings. The predicted molar refractivity (Wildman–Crippen MR) is 111 cm³/mol. The molecule has 1 saturated heterocycles. The van der Waals surface area contributed by atoms with Crippen molar-refractivity contribution in [3.05, 3.63) is 77.2 Å². The molecule has 0 bridgehead atoms. The number of nitriles is 1. The molecule has 0 saturated carbocycles. The molecule has 1 amide bonds.